The number of amides is 1. The van der Waals surface area contributed by atoms with Crippen LogP contribution in [0.1, 0.15) is 36.1 Å². The van der Waals surface area contributed by atoms with Crippen LogP contribution in [0.2, 0.25) is 0 Å². The van der Waals surface area contributed by atoms with Gasteiger partial charge < -0.3 is 20.3 Å². The summed E-state index contributed by atoms with van der Waals surface area (Å²) >= 11 is 0. The number of carbonyl (C=O) groups is 1. The summed E-state index contributed by atoms with van der Waals surface area (Å²) < 4.78 is 5.18. The first-order chi connectivity index (χ1) is 14.1. The van der Waals surface area contributed by atoms with Crippen molar-refractivity contribution in [3.8, 4) is 5.75 Å². The first-order valence-electron chi connectivity index (χ1n) is 10.3. The second-order valence-electron chi connectivity index (χ2n) is 7.97. The van der Waals surface area contributed by atoms with Gasteiger partial charge in [0.25, 0.3) is 0 Å². The summed E-state index contributed by atoms with van der Waals surface area (Å²) in [7, 11) is 1.64. The van der Waals surface area contributed by atoms with E-state index < -0.39 is 6.04 Å². The maximum absolute atomic E-state index is 12.8. The van der Waals surface area contributed by atoms with E-state index in [0.29, 0.717) is 25.4 Å². The summed E-state index contributed by atoms with van der Waals surface area (Å²) in [6, 6.07) is 7.18. The van der Waals surface area contributed by atoms with Crippen LogP contribution >= 0.6 is 0 Å². The van der Waals surface area contributed by atoms with Gasteiger partial charge in [0, 0.05) is 37.4 Å². The van der Waals surface area contributed by atoms with Gasteiger partial charge in [-0.25, -0.2) is 9.97 Å². The van der Waals surface area contributed by atoms with Crippen molar-refractivity contribution < 1.29 is 9.53 Å². The van der Waals surface area contributed by atoms with E-state index in [1.54, 1.807) is 13.4 Å². The summed E-state index contributed by atoms with van der Waals surface area (Å²) in [5.41, 5.74) is 9.75. The first-order valence-corrected chi connectivity index (χ1v) is 10.3. The Morgan fingerprint density at radius 2 is 1.93 bits per heavy atom. The standard InChI is InChI=1S/C22H29N5O2/c1-15-3-8-19-20(15)21(25-14-24-19)26-9-11-27(12-10-26)22(28)18(23)13-16-4-6-17(29-2)7-5-16/h4-7,14-15,18H,3,8-13,23H2,1-2H3/t15-,18-/m1/s1. The van der Waals surface area contributed by atoms with Gasteiger partial charge in [0.15, 0.2) is 0 Å². The van der Waals surface area contributed by atoms with E-state index in [-0.39, 0.29) is 5.91 Å². The number of carbonyl (C=O) groups excluding carboxylic acids is 1. The molecular formula is C22H29N5O2. The number of piperazine rings is 1. The average Bonchev–Trinajstić information content (AvgIpc) is 3.15. The van der Waals surface area contributed by atoms with Crippen LogP contribution in [-0.4, -0.2) is 60.1 Å². The quantitative estimate of drug-likeness (QED) is 0.830. The average molecular weight is 396 g/mol. The first kappa shape index (κ1) is 19.6. The molecule has 1 fully saturated rings. The van der Waals surface area contributed by atoms with Crippen molar-refractivity contribution in [2.75, 3.05) is 38.2 Å². The molecule has 2 aliphatic rings. The predicted octanol–water partition coefficient (Wildman–Crippen LogP) is 1.75. The fourth-order valence-corrected chi connectivity index (χ4v) is 4.35. The van der Waals surface area contributed by atoms with Gasteiger partial charge in [0.2, 0.25) is 5.91 Å². The molecule has 1 aliphatic carbocycles. The summed E-state index contributed by atoms with van der Waals surface area (Å²) in [6.07, 6.45) is 4.37. The Labute approximate surface area is 171 Å². The largest absolute Gasteiger partial charge is 0.497 e. The molecule has 0 radical (unpaired) electrons. The van der Waals surface area contributed by atoms with Crippen LogP contribution < -0.4 is 15.4 Å². The van der Waals surface area contributed by atoms with Crippen molar-refractivity contribution in [2.45, 2.75) is 38.1 Å². The number of nitrogens with two attached hydrogens (primary N) is 1. The van der Waals surface area contributed by atoms with Crippen molar-refractivity contribution in [3.05, 3.63) is 47.4 Å². The molecule has 7 nitrogen and oxygen atoms in total. The smallest absolute Gasteiger partial charge is 0.239 e. The minimum Gasteiger partial charge on any atom is -0.497 e. The van der Waals surface area contributed by atoms with Gasteiger partial charge in [-0.15, -0.1) is 0 Å². The molecule has 0 saturated carbocycles. The van der Waals surface area contributed by atoms with Crippen molar-refractivity contribution >= 4 is 11.7 Å². The third-order valence-electron chi connectivity index (χ3n) is 6.08. The molecule has 1 amide bonds. The molecule has 0 bridgehead atoms. The molecule has 1 aromatic carbocycles. The van der Waals surface area contributed by atoms with E-state index >= 15 is 0 Å². The van der Waals surface area contributed by atoms with Gasteiger partial charge in [0.05, 0.1) is 13.2 Å². The number of benzene rings is 1. The zero-order chi connectivity index (χ0) is 20.4. The topological polar surface area (TPSA) is 84.6 Å². The Hall–Kier alpha value is -2.67. The number of aryl methyl sites for hydroxylation is 1. The Morgan fingerprint density at radius 3 is 2.62 bits per heavy atom. The molecule has 1 aromatic heterocycles. The highest BCUT2D eigenvalue weighted by Gasteiger charge is 2.30. The minimum absolute atomic E-state index is 0.0155. The van der Waals surface area contributed by atoms with Crippen molar-refractivity contribution in [2.24, 2.45) is 5.73 Å². The SMILES string of the molecule is COc1ccc(C[C@@H](N)C(=O)N2CCN(c3ncnc4c3[C@H](C)CC4)CC2)cc1. The van der Waals surface area contributed by atoms with Gasteiger partial charge in [-0.05, 0) is 42.9 Å². The van der Waals surface area contributed by atoms with Crippen molar-refractivity contribution in [1.29, 1.82) is 0 Å². The summed E-state index contributed by atoms with van der Waals surface area (Å²) in [6.45, 7) is 5.13. The third-order valence-corrected chi connectivity index (χ3v) is 6.08. The summed E-state index contributed by atoms with van der Waals surface area (Å²) in [5, 5.41) is 0. The normalized spacial score (nSPS) is 19.8. The number of hydrogen-bond acceptors (Lipinski definition) is 6. The highest BCUT2D eigenvalue weighted by atomic mass is 16.5. The van der Waals surface area contributed by atoms with Crippen LogP contribution in [-0.2, 0) is 17.6 Å². The Kier molecular flexibility index (Phi) is 5.67. The highest BCUT2D eigenvalue weighted by Crippen LogP contribution is 2.37. The predicted molar refractivity (Wildman–Crippen MR) is 112 cm³/mol. The monoisotopic (exact) mass is 395 g/mol. The number of ether oxygens (including phenoxy) is 1. The second kappa shape index (κ2) is 8.37. The fourth-order valence-electron chi connectivity index (χ4n) is 4.35. The number of fused-ring (bicyclic) bond motifs is 1. The van der Waals surface area contributed by atoms with Crippen LogP contribution in [0, 0.1) is 0 Å². The maximum atomic E-state index is 12.8. The second-order valence-corrected chi connectivity index (χ2v) is 7.97. The lowest BCUT2D eigenvalue weighted by atomic mass is 10.0. The molecule has 1 aliphatic heterocycles. The van der Waals surface area contributed by atoms with Crippen LogP contribution in [0.15, 0.2) is 30.6 Å². The van der Waals surface area contributed by atoms with Gasteiger partial charge in [-0.3, -0.25) is 4.79 Å². The lowest BCUT2D eigenvalue weighted by Crippen LogP contribution is -2.54. The van der Waals surface area contributed by atoms with E-state index in [1.807, 2.05) is 29.2 Å². The molecule has 4 rings (SSSR count). The van der Waals surface area contributed by atoms with Gasteiger partial charge in [0.1, 0.15) is 17.9 Å². The molecule has 2 aromatic rings. The maximum Gasteiger partial charge on any atom is 0.239 e. The number of methoxy groups -OCH3 is 1. The number of anilines is 1. The summed E-state index contributed by atoms with van der Waals surface area (Å²) in [4.78, 5) is 26.0. The molecule has 29 heavy (non-hydrogen) atoms. The molecule has 0 spiro atoms. The van der Waals surface area contributed by atoms with E-state index in [2.05, 4.69) is 21.8 Å². The van der Waals surface area contributed by atoms with E-state index in [4.69, 9.17) is 10.5 Å². The fraction of sp³-hybridized carbons (Fsp3) is 0.500. The molecule has 7 heteroatoms. The molecule has 2 atom stereocenters. The van der Waals surface area contributed by atoms with Crippen molar-refractivity contribution in [3.63, 3.8) is 0 Å². The number of nitrogens with zero attached hydrogens (tertiary/aromatic N) is 4. The van der Waals surface area contributed by atoms with E-state index in [9.17, 15) is 4.79 Å². The zero-order valence-corrected chi connectivity index (χ0v) is 17.2. The van der Waals surface area contributed by atoms with E-state index in [1.165, 1.54) is 11.3 Å². The lowest BCUT2D eigenvalue weighted by Gasteiger charge is -2.37. The van der Waals surface area contributed by atoms with Gasteiger partial charge >= 0.3 is 0 Å². The highest BCUT2D eigenvalue weighted by molar-refractivity contribution is 5.82. The molecule has 2 N–H and O–H groups in total. The minimum atomic E-state index is -0.529. The number of aromatic nitrogens is 2. The lowest BCUT2D eigenvalue weighted by molar-refractivity contribution is -0.132. The van der Waals surface area contributed by atoms with Crippen LogP contribution in [0.25, 0.3) is 0 Å². The molecule has 2 heterocycles. The molecule has 1 saturated heterocycles. The number of rotatable bonds is 5. The van der Waals surface area contributed by atoms with Gasteiger partial charge in [-0.1, -0.05) is 19.1 Å². The molecule has 154 valence electrons. The van der Waals surface area contributed by atoms with Crippen molar-refractivity contribution in [1.82, 2.24) is 14.9 Å². The zero-order valence-electron chi connectivity index (χ0n) is 17.2. The third kappa shape index (κ3) is 4.05. The van der Waals surface area contributed by atoms with E-state index in [0.717, 1.165) is 43.1 Å². The Balaban J connectivity index is 1.36. The molecular weight excluding hydrogens is 366 g/mol. The van der Waals surface area contributed by atoms with Crippen LogP contribution in [0.5, 0.6) is 5.75 Å². The summed E-state index contributed by atoms with van der Waals surface area (Å²) in [5.74, 6) is 2.37. The Bertz CT molecular complexity index is 862. The van der Waals surface area contributed by atoms with Crippen LogP contribution in [0.4, 0.5) is 5.82 Å². The van der Waals surface area contributed by atoms with Gasteiger partial charge in [-0.2, -0.15) is 0 Å². The molecule has 0 unspecified atom stereocenters. The van der Waals surface area contributed by atoms with Crippen LogP contribution in [0.3, 0.4) is 0 Å². The number of hydrogen-bond donors (Lipinski definition) is 1. The Morgan fingerprint density at radius 1 is 1.21 bits per heavy atom.